The molecule has 0 aromatic carbocycles. The first-order chi connectivity index (χ1) is 11.7. The highest BCUT2D eigenvalue weighted by atomic mass is 32.1. The van der Waals surface area contributed by atoms with Crippen LogP contribution < -0.4 is 0 Å². The predicted octanol–water partition coefficient (Wildman–Crippen LogP) is 3.98. The Hall–Kier alpha value is -1.99. The SMILES string of the molecule is CC(C)c1noc([C@H]2CCCN2Cc2ccc(-c3ccn[nH]3)s2)n1. The molecule has 0 bridgehead atoms. The van der Waals surface area contributed by atoms with Gasteiger partial charge in [-0.3, -0.25) is 10.00 Å². The zero-order chi connectivity index (χ0) is 16.5. The van der Waals surface area contributed by atoms with Crippen LogP contribution in [0.4, 0.5) is 0 Å². The summed E-state index contributed by atoms with van der Waals surface area (Å²) in [6, 6.07) is 6.59. The standard InChI is InChI=1S/C17H21N5OS/c1-11(2)16-19-17(23-21-16)14-4-3-9-22(14)10-12-5-6-15(24-12)13-7-8-18-20-13/h5-8,11,14H,3-4,9-10H2,1-2H3,(H,18,20)/t14-/m1/s1. The summed E-state index contributed by atoms with van der Waals surface area (Å²) < 4.78 is 5.53. The van der Waals surface area contributed by atoms with Crippen LogP contribution in [0.25, 0.3) is 10.6 Å². The molecule has 3 aromatic rings. The summed E-state index contributed by atoms with van der Waals surface area (Å²) in [6.45, 7) is 6.16. The first-order valence-corrected chi connectivity index (χ1v) is 9.18. The van der Waals surface area contributed by atoms with Crippen LogP contribution >= 0.6 is 11.3 Å². The number of hydrogen-bond donors (Lipinski definition) is 1. The van der Waals surface area contributed by atoms with E-state index in [1.54, 1.807) is 17.5 Å². The number of aromatic nitrogens is 4. The Labute approximate surface area is 144 Å². The molecular weight excluding hydrogens is 322 g/mol. The Kier molecular flexibility index (Phi) is 4.20. The second-order valence-electron chi connectivity index (χ2n) is 6.51. The van der Waals surface area contributed by atoms with Crippen molar-refractivity contribution in [3.8, 4) is 10.6 Å². The van der Waals surface area contributed by atoms with Gasteiger partial charge in [-0.25, -0.2) is 0 Å². The molecule has 0 spiro atoms. The lowest BCUT2D eigenvalue weighted by atomic mass is 10.2. The lowest BCUT2D eigenvalue weighted by Gasteiger charge is -2.20. The monoisotopic (exact) mass is 343 g/mol. The molecule has 0 amide bonds. The molecule has 1 N–H and O–H groups in total. The molecule has 126 valence electrons. The van der Waals surface area contributed by atoms with Crippen LogP contribution in [0.2, 0.25) is 0 Å². The van der Waals surface area contributed by atoms with Crippen molar-refractivity contribution >= 4 is 11.3 Å². The summed E-state index contributed by atoms with van der Waals surface area (Å²) in [5, 5.41) is 11.2. The van der Waals surface area contributed by atoms with Crippen molar-refractivity contribution in [2.75, 3.05) is 6.54 Å². The van der Waals surface area contributed by atoms with E-state index in [0.717, 1.165) is 36.9 Å². The third-order valence-corrected chi connectivity index (χ3v) is 5.51. The van der Waals surface area contributed by atoms with Crippen LogP contribution in [-0.4, -0.2) is 31.8 Å². The lowest BCUT2D eigenvalue weighted by Crippen LogP contribution is -2.22. The molecule has 1 aliphatic heterocycles. The molecule has 0 unspecified atom stereocenters. The van der Waals surface area contributed by atoms with E-state index in [4.69, 9.17) is 4.52 Å². The highest BCUT2D eigenvalue weighted by Crippen LogP contribution is 2.35. The van der Waals surface area contributed by atoms with E-state index in [2.05, 4.69) is 51.2 Å². The van der Waals surface area contributed by atoms with Crippen LogP contribution in [0.3, 0.4) is 0 Å². The summed E-state index contributed by atoms with van der Waals surface area (Å²) in [5.74, 6) is 1.86. The highest BCUT2D eigenvalue weighted by Gasteiger charge is 2.31. The van der Waals surface area contributed by atoms with Gasteiger partial charge in [0, 0.05) is 23.5 Å². The maximum absolute atomic E-state index is 5.53. The lowest BCUT2D eigenvalue weighted by molar-refractivity contribution is 0.202. The van der Waals surface area contributed by atoms with E-state index in [1.807, 2.05) is 6.07 Å². The minimum atomic E-state index is 0.239. The largest absolute Gasteiger partial charge is 0.338 e. The van der Waals surface area contributed by atoms with Gasteiger partial charge >= 0.3 is 0 Å². The van der Waals surface area contributed by atoms with Crippen molar-refractivity contribution in [3.63, 3.8) is 0 Å². The molecule has 0 radical (unpaired) electrons. The van der Waals surface area contributed by atoms with E-state index >= 15 is 0 Å². The number of nitrogens with one attached hydrogen (secondary N) is 1. The summed E-state index contributed by atoms with van der Waals surface area (Å²) in [4.78, 5) is 9.61. The van der Waals surface area contributed by atoms with Gasteiger partial charge in [0.1, 0.15) is 0 Å². The number of likely N-dealkylation sites (tertiary alicyclic amines) is 1. The van der Waals surface area contributed by atoms with Crippen molar-refractivity contribution in [2.24, 2.45) is 0 Å². The maximum Gasteiger partial charge on any atom is 0.244 e. The Morgan fingerprint density at radius 2 is 2.29 bits per heavy atom. The third kappa shape index (κ3) is 3.01. The molecule has 3 aromatic heterocycles. The van der Waals surface area contributed by atoms with Gasteiger partial charge in [-0.1, -0.05) is 19.0 Å². The zero-order valence-electron chi connectivity index (χ0n) is 13.9. The fourth-order valence-corrected chi connectivity index (χ4v) is 4.12. The molecule has 1 atom stereocenters. The van der Waals surface area contributed by atoms with Gasteiger partial charge in [0.05, 0.1) is 16.6 Å². The molecule has 1 fully saturated rings. The topological polar surface area (TPSA) is 70.8 Å². The molecule has 6 nitrogen and oxygen atoms in total. The van der Waals surface area contributed by atoms with Crippen molar-refractivity contribution in [2.45, 2.75) is 45.2 Å². The van der Waals surface area contributed by atoms with Crippen LogP contribution in [-0.2, 0) is 6.54 Å². The quantitative estimate of drug-likeness (QED) is 0.758. The molecule has 4 heterocycles. The second-order valence-corrected chi connectivity index (χ2v) is 7.68. The van der Waals surface area contributed by atoms with Gasteiger partial charge in [-0.05, 0) is 37.6 Å². The van der Waals surface area contributed by atoms with Crippen molar-refractivity contribution in [3.05, 3.63) is 41.0 Å². The molecule has 24 heavy (non-hydrogen) atoms. The summed E-state index contributed by atoms with van der Waals surface area (Å²) in [5.41, 5.74) is 1.07. The van der Waals surface area contributed by atoms with Gasteiger partial charge in [-0.15, -0.1) is 11.3 Å². The summed E-state index contributed by atoms with van der Waals surface area (Å²) in [6.07, 6.45) is 4.04. The first kappa shape index (κ1) is 15.5. The van der Waals surface area contributed by atoms with E-state index in [9.17, 15) is 0 Å². The van der Waals surface area contributed by atoms with Crippen LogP contribution in [0, 0.1) is 0 Å². The average molecular weight is 343 g/mol. The average Bonchev–Trinajstić information content (AvgIpc) is 3.35. The van der Waals surface area contributed by atoms with Crippen LogP contribution in [0.5, 0.6) is 0 Å². The summed E-state index contributed by atoms with van der Waals surface area (Å²) >= 11 is 1.81. The first-order valence-electron chi connectivity index (χ1n) is 8.36. The number of nitrogens with zero attached hydrogens (tertiary/aromatic N) is 4. The normalized spacial score (nSPS) is 18.7. The molecule has 1 aliphatic rings. The van der Waals surface area contributed by atoms with Crippen molar-refractivity contribution in [1.82, 2.24) is 25.2 Å². The van der Waals surface area contributed by atoms with Crippen molar-refractivity contribution < 1.29 is 4.52 Å². The van der Waals surface area contributed by atoms with Gasteiger partial charge in [-0.2, -0.15) is 10.1 Å². The zero-order valence-corrected chi connectivity index (χ0v) is 14.7. The van der Waals surface area contributed by atoms with Crippen LogP contribution in [0.1, 0.15) is 55.2 Å². The van der Waals surface area contributed by atoms with Crippen LogP contribution in [0.15, 0.2) is 28.9 Å². The number of hydrogen-bond acceptors (Lipinski definition) is 6. The predicted molar refractivity (Wildman–Crippen MR) is 92.7 cm³/mol. The van der Waals surface area contributed by atoms with Gasteiger partial charge in [0.25, 0.3) is 0 Å². The molecule has 0 aliphatic carbocycles. The maximum atomic E-state index is 5.53. The Morgan fingerprint density at radius 1 is 1.38 bits per heavy atom. The highest BCUT2D eigenvalue weighted by molar-refractivity contribution is 7.15. The molecule has 1 saturated heterocycles. The fourth-order valence-electron chi connectivity index (χ4n) is 3.11. The molecule has 7 heteroatoms. The number of thiophene rings is 1. The fraction of sp³-hybridized carbons (Fsp3) is 0.471. The summed E-state index contributed by atoms with van der Waals surface area (Å²) in [7, 11) is 0. The number of H-pyrrole nitrogens is 1. The van der Waals surface area contributed by atoms with Crippen molar-refractivity contribution in [1.29, 1.82) is 0 Å². The van der Waals surface area contributed by atoms with Gasteiger partial charge < -0.3 is 4.52 Å². The Morgan fingerprint density at radius 3 is 3.04 bits per heavy atom. The molecular formula is C17H21N5OS. The van der Waals surface area contributed by atoms with E-state index in [1.165, 1.54) is 16.2 Å². The molecule has 0 saturated carbocycles. The minimum Gasteiger partial charge on any atom is -0.338 e. The smallest absolute Gasteiger partial charge is 0.244 e. The van der Waals surface area contributed by atoms with E-state index in [-0.39, 0.29) is 6.04 Å². The Balaban J connectivity index is 1.49. The number of aromatic amines is 1. The van der Waals surface area contributed by atoms with Gasteiger partial charge in [0.2, 0.25) is 5.89 Å². The van der Waals surface area contributed by atoms with E-state index < -0.39 is 0 Å². The second kappa shape index (κ2) is 6.49. The minimum absolute atomic E-state index is 0.239. The third-order valence-electron chi connectivity index (χ3n) is 4.41. The number of rotatable bonds is 5. The van der Waals surface area contributed by atoms with Gasteiger partial charge in [0.15, 0.2) is 5.82 Å². The Bertz CT molecular complexity index is 792. The molecule has 4 rings (SSSR count). The van der Waals surface area contributed by atoms with E-state index in [0.29, 0.717) is 5.92 Å².